The Kier molecular flexibility index (Phi) is 5.56. The largest absolute Gasteiger partial charge is 0.486 e. The van der Waals surface area contributed by atoms with Crippen molar-refractivity contribution < 1.29 is 27.1 Å². The summed E-state index contributed by atoms with van der Waals surface area (Å²) in [5.41, 5.74) is 2.19. The number of nitrogens with one attached hydrogen (secondary N) is 1. The van der Waals surface area contributed by atoms with E-state index in [1.54, 1.807) is 12.3 Å². The highest BCUT2D eigenvalue weighted by molar-refractivity contribution is 7.87. The Morgan fingerprint density at radius 1 is 1.24 bits per heavy atom. The molecule has 0 radical (unpaired) electrons. The summed E-state index contributed by atoms with van der Waals surface area (Å²) in [6, 6.07) is 6.87. The van der Waals surface area contributed by atoms with Crippen LogP contribution in [0.4, 0.5) is 10.1 Å². The van der Waals surface area contributed by atoms with E-state index in [0.717, 1.165) is 34.9 Å². The van der Waals surface area contributed by atoms with Crippen LogP contribution in [0.2, 0.25) is 0 Å². The van der Waals surface area contributed by atoms with Crippen LogP contribution in [0.15, 0.2) is 36.7 Å². The van der Waals surface area contributed by atoms with E-state index in [2.05, 4.69) is 10.00 Å². The highest BCUT2D eigenvalue weighted by Crippen LogP contribution is 2.41. The molecular weight excluding hydrogens is 465 g/mol. The topological polar surface area (TPSA) is 105 Å². The number of aromatic nitrogens is 2. The molecule has 0 spiro atoms. The van der Waals surface area contributed by atoms with Gasteiger partial charge in [-0.2, -0.15) is 17.8 Å². The maximum atomic E-state index is 14.7. The number of hydrogen-bond acceptors (Lipinski definition) is 7. The van der Waals surface area contributed by atoms with Crippen molar-refractivity contribution in [1.29, 1.82) is 0 Å². The minimum Gasteiger partial charge on any atom is -0.486 e. The van der Waals surface area contributed by atoms with Gasteiger partial charge in [0.25, 0.3) is 5.91 Å². The maximum Gasteiger partial charge on any atom is 0.303 e. The number of nitrogens with zero attached hydrogens (tertiary/aromatic N) is 4. The van der Waals surface area contributed by atoms with Crippen molar-refractivity contribution in [2.24, 2.45) is 0 Å². The van der Waals surface area contributed by atoms with Gasteiger partial charge in [-0.1, -0.05) is 0 Å². The zero-order chi connectivity index (χ0) is 24.0. The number of benzene rings is 1. The molecule has 2 aromatic heterocycles. The van der Waals surface area contributed by atoms with E-state index in [-0.39, 0.29) is 17.4 Å². The van der Waals surface area contributed by atoms with Crippen LogP contribution < -0.4 is 19.1 Å². The summed E-state index contributed by atoms with van der Waals surface area (Å²) < 4.78 is 54.3. The molecule has 1 amide bonds. The van der Waals surface area contributed by atoms with E-state index >= 15 is 0 Å². The van der Waals surface area contributed by atoms with Crippen LogP contribution in [0.25, 0.3) is 5.52 Å². The van der Waals surface area contributed by atoms with Gasteiger partial charge in [-0.15, -0.1) is 0 Å². The number of hydrogen-bond donors (Lipinski definition) is 1. The smallest absolute Gasteiger partial charge is 0.303 e. The van der Waals surface area contributed by atoms with E-state index in [1.165, 1.54) is 30.9 Å². The first-order chi connectivity index (χ1) is 16.2. The predicted molar refractivity (Wildman–Crippen MR) is 122 cm³/mol. The van der Waals surface area contributed by atoms with Gasteiger partial charge in [0, 0.05) is 32.5 Å². The number of fused-ring (bicyclic) bond motifs is 2. The summed E-state index contributed by atoms with van der Waals surface area (Å²) in [6.45, 7) is 1.42. The molecule has 2 aliphatic rings. The molecule has 5 rings (SSSR count). The minimum absolute atomic E-state index is 0.0953. The third-order valence-corrected chi connectivity index (χ3v) is 7.45. The fourth-order valence-corrected chi connectivity index (χ4v) is 4.86. The molecule has 1 saturated heterocycles. The Labute approximate surface area is 196 Å². The van der Waals surface area contributed by atoms with E-state index in [0.29, 0.717) is 24.5 Å². The van der Waals surface area contributed by atoms with Crippen molar-refractivity contribution in [2.45, 2.75) is 18.9 Å². The molecule has 34 heavy (non-hydrogen) atoms. The first-order valence-corrected chi connectivity index (χ1v) is 12.3. The number of carbonyl (C=O) groups excluding carboxylic acids is 1. The van der Waals surface area contributed by atoms with Gasteiger partial charge in [-0.3, -0.25) is 4.79 Å². The van der Waals surface area contributed by atoms with Crippen LogP contribution in [0, 0.1) is 5.82 Å². The van der Waals surface area contributed by atoms with Gasteiger partial charge in [0.2, 0.25) is 0 Å². The molecule has 1 fully saturated rings. The monoisotopic (exact) mass is 489 g/mol. The lowest BCUT2D eigenvalue weighted by Gasteiger charge is -2.28. The number of carbonyl (C=O) groups is 1. The Balaban J connectivity index is 1.48. The van der Waals surface area contributed by atoms with Crippen LogP contribution in [-0.4, -0.2) is 62.1 Å². The van der Waals surface area contributed by atoms with Crippen LogP contribution in [0.5, 0.6) is 11.5 Å². The maximum absolute atomic E-state index is 14.7. The minimum atomic E-state index is -3.95. The molecule has 10 nitrogen and oxygen atoms in total. The average molecular weight is 490 g/mol. The SMILES string of the molecule is CN(C)S(=O)(=O)NC(=O)c1cnn2ccc(N3CCCC3c3cc(F)c4c(c3)OCCO4)cc12. The molecule has 12 heteroatoms. The highest BCUT2D eigenvalue weighted by atomic mass is 32.2. The number of pyridine rings is 1. The normalized spacial score (nSPS) is 18.0. The number of amides is 1. The second-order valence-corrected chi connectivity index (χ2v) is 10.3. The van der Waals surface area contributed by atoms with Gasteiger partial charge in [0.05, 0.1) is 23.3 Å². The Morgan fingerprint density at radius 3 is 2.82 bits per heavy atom. The molecule has 3 aromatic rings. The lowest BCUT2D eigenvalue weighted by molar-refractivity contribution is 0.0981. The van der Waals surface area contributed by atoms with Gasteiger partial charge in [0.15, 0.2) is 17.3 Å². The molecular formula is C22H24FN5O5S. The van der Waals surface area contributed by atoms with Gasteiger partial charge < -0.3 is 14.4 Å². The quantitative estimate of drug-likeness (QED) is 0.585. The summed E-state index contributed by atoms with van der Waals surface area (Å²) >= 11 is 0. The summed E-state index contributed by atoms with van der Waals surface area (Å²) in [6.07, 6.45) is 4.76. The molecule has 1 atom stereocenters. The third kappa shape index (κ3) is 3.92. The number of rotatable bonds is 5. The zero-order valence-electron chi connectivity index (χ0n) is 18.7. The Bertz CT molecular complexity index is 1370. The number of ether oxygens (including phenoxy) is 2. The molecule has 4 heterocycles. The Morgan fingerprint density at radius 2 is 2.03 bits per heavy atom. The molecule has 0 saturated carbocycles. The van der Waals surface area contributed by atoms with Crippen molar-refractivity contribution in [3.8, 4) is 11.5 Å². The molecule has 180 valence electrons. The molecule has 1 unspecified atom stereocenters. The van der Waals surface area contributed by atoms with Gasteiger partial charge >= 0.3 is 10.2 Å². The predicted octanol–water partition coefficient (Wildman–Crippen LogP) is 2.12. The van der Waals surface area contributed by atoms with Crippen molar-refractivity contribution in [3.63, 3.8) is 0 Å². The standard InChI is InChI=1S/C22H24FN5O5S/c1-26(2)34(30,31)25-22(29)16-13-24-28-7-5-15(12-19(16)28)27-6-3-4-18(27)14-10-17(23)21-20(11-14)32-8-9-33-21/h5,7,10-13,18H,3-4,6,8-9H2,1-2H3,(H,25,29). The summed E-state index contributed by atoms with van der Waals surface area (Å²) in [5.74, 6) is -0.678. The van der Waals surface area contributed by atoms with Crippen LogP contribution in [0.1, 0.15) is 34.8 Å². The summed E-state index contributed by atoms with van der Waals surface area (Å²) in [4.78, 5) is 14.8. The number of anilines is 1. The second-order valence-electron chi connectivity index (χ2n) is 8.37. The van der Waals surface area contributed by atoms with E-state index in [4.69, 9.17) is 9.47 Å². The highest BCUT2D eigenvalue weighted by Gasteiger charge is 2.30. The van der Waals surface area contributed by atoms with Crippen molar-refractivity contribution >= 4 is 27.3 Å². The molecule has 0 bridgehead atoms. The van der Waals surface area contributed by atoms with Crippen LogP contribution >= 0.6 is 0 Å². The van der Waals surface area contributed by atoms with Crippen molar-refractivity contribution in [1.82, 2.24) is 18.6 Å². The molecule has 1 aromatic carbocycles. The van der Waals surface area contributed by atoms with Gasteiger partial charge in [0.1, 0.15) is 13.2 Å². The average Bonchev–Trinajstić information content (AvgIpc) is 3.45. The van der Waals surface area contributed by atoms with Crippen LogP contribution in [-0.2, 0) is 10.2 Å². The first kappa shape index (κ1) is 22.4. The third-order valence-electron chi connectivity index (χ3n) is 6.04. The van der Waals surface area contributed by atoms with E-state index in [9.17, 15) is 17.6 Å². The molecule has 2 aliphatic heterocycles. The zero-order valence-corrected chi connectivity index (χ0v) is 19.5. The van der Waals surface area contributed by atoms with Crippen LogP contribution in [0.3, 0.4) is 0 Å². The summed E-state index contributed by atoms with van der Waals surface area (Å²) in [5, 5.41) is 4.17. The Hall–Kier alpha value is -3.38. The van der Waals surface area contributed by atoms with E-state index in [1.807, 2.05) is 16.9 Å². The fraction of sp³-hybridized carbons (Fsp3) is 0.364. The van der Waals surface area contributed by atoms with Gasteiger partial charge in [-0.05, 0) is 42.7 Å². The molecule has 0 aliphatic carbocycles. The van der Waals surface area contributed by atoms with Crippen molar-refractivity contribution in [2.75, 3.05) is 38.8 Å². The van der Waals surface area contributed by atoms with E-state index < -0.39 is 21.9 Å². The summed E-state index contributed by atoms with van der Waals surface area (Å²) in [7, 11) is -1.28. The number of halogens is 1. The lowest BCUT2D eigenvalue weighted by atomic mass is 10.0. The lowest BCUT2D eigenvalue weighted by Crippen LogP contribution is -2.39. The fourth-order valence-electron chi connectivity index (χ4n) is 4.33. The molecule has 1 N–H and O–H groups in total. The second kappa shape index (κ2) is 8.44. The van der Waals surface area contributed by atoms with Gasteiger partial charge in [-0.25, -0.2) is 13.6 Å². The van der Waals surface area contributed by atoms with Crippen molar-refractivity contribution in [3.05, 3.63) is 53.6 Å². The first-order valence-electron chi connectivity index (χ1n) is 10.8.